The zero-order chi connectivity index (χ0) is 8.43. The Hall–Kier alpha value is -1.10. The van der Waals surface area contributed by atoms with E-state index < -0.39 is 24.0 Å². The molecular formula is C6H8O5. The maximum atomic E-state index is 10.3. The minimum Gasteiger partial charge on any atom is -0.481 e. The summed E-state index contributed by atoms with van der Waals surface area (Å²) in [5.74, 6) is -2.74. The molecule has 0 bridgehead atoms. The predicted molar refractivity (Wildman–Crippen MR) is 33.1 cm³/mol. The number of carboxylic acid groups (broad SMARTS) is 2. The molecule has 2 atom stereocenters. The summed E-state index contributed by atoms with van der Waals surface area (Å²) in [4.78, 5) is 20.5. The summed E-state index contributed by atoms with van der Waals surface area (Å²) < 4.78 is 4.71. The fourth-order valence-electron chi connectivity index (χ4n) is 0.971. The summed E-state index contributed by atoms with van der Waals surface area (Å²) in [6.07, 6.45) is -0.860. The number of hydrogen-bond acceptors (Lipinski definition) is 3. The Labute approximate surface area is 62.6 Å². The molecule has 0 unspecified atom stereocenters. The molecule has 0 aromatic carbocycles. The Balaban J connectivity index is 2.47. The first-order valence-corrected chi connectivity index (χ1v) is 3.18. The van der Waals surface area contributed by atoms with E-state index in [0.29, 0.717) is 0 Å². The van der Waals surface area contributed by atoms with E-state index in [0.717, 1.165) is 0 Å². The molecule has 1 aliphatic rings. The molecular weight excluding hydrogens is 152 g/mol. The van der Waals surface area contributed by atoms with Crippen LogP contribution >= 0.6 is 0 Å². The van der Waals surface area contributed by atoms with Gasteiger partial charge in [-0.3, -0.25) is 4.79 Å². The van der Waals surface area contributed by atoms with Crippen LogP contribution in [0.4, 0.5) is 0 Å². The first-order valence-electron chi connectivity index (χ1n) is 3.18. The zero-order valence-electron chi connectivity index (χ0n) is 5.69. The normalized spacial score (nSPS) is 30.2. The highest BCUT2D eigenvalue weighted by atomic mass is 16.5. The number of carboxylic acids is 2. The van der Waals surface area contributed by atoms with Crippen molar-refractivity contribution in [1.29, 1.82) is 0 Å². The third kappa shape index (κ3) is 1.68. The summed E-state index contributed by atoms with van der Waals surface area (Å²) in [5.41, 5.74) is 0. The van der Waals surface area contributed by atoms with Gasteiger partial charge in [-0.15, -0.1) is 0 Å². The van der Waals surface area contributed by atoms with Crippen molar-refractivity contribution < 1.29 is 24.5 Å². The largest absolute Gasteiger partial charge is 0.481 e. The lowest BCUT2D eigenvalue weighted by Gasteiger charge is -1.99. The van der Waals surface area contributed by atoms with Crippen molar-refractivity contribution in [2.75, 3.05) is 6.61 Å². The number of aliphatic carboxylic acids is 2. The SMILES string of the molecule is O=C(O)[C@@H]1CO[C@H](C(=O)O)C1. The minimum absolute atomic E-state index is 0.00625. The molecule has 1 fully saturated rings. The molecule has 0 aromatic heterocycles. The highest BCUT2D eigenvalue weighted by Gasteiger charge is 2.34. The molecule has 5 nitrogen and oxygen atoms in total. The zero-order valence-corrected chi connectivity index (χ0v) is 5.69. The number of carbonyl (C=O) groups is 2. The third-order valence-electron chi connectivity index (χ3n) is 1.62. The molecule has 1 heterocycles. The van der Waals surface area contributed by atoms with Gasteiger partial charge in [0.15, 0.2) is 6.10 Å². The summed E-state index contributed by atoms with van der Waals surface area (Å²) in [5, 5.41) is 16.8. The first kappa shape index (κ1) is 8.00. The van der Waals surface area contributed by atoms with Crippen LogP contribution < -0.4 is 0 Å². The standard InChI is InChI=1S/C6H8O5/c7-5(8)3-1-4(6(9)10)11-2-3/h3-4H,1-2H2,(H,7,8)(H,9,10)/t3-,4-/m0/s1. The second kappa shape index (κ2) is 2.87. The van der Waals surface area contributed by atoms with Gasteiger partial charge in [-0.05, 0) is 6.42 Å². The van der Waals surface area contributed by atoms with Gasteiger partial charge in [0.05, 0.1) is 12.5 Å². The topological polar surface area (TPSA) is 83.8 Å². The van der Waals surface area contributed by atoms with E-state index in [9.17, 15) is 9.59 Å². The molecule has 1 aliphatic heterocycles. The lowest BCUT2D eigenvalue weighted by molar-refractivity contribution is -0.147. The van der Waals surface area contributed by atoms with Crippen LogP contribution in [-0.4, -0.2) is 34.9 Å². The lowest BCUT2D eigenvalue weighted by Crippen LogP contribution is -2.19. The van der Waals surface area contributed by atoms with Crippen LogP contribution in [0.5, 0.6) is 0 Å². The molecule has 1 rings (SSSR count). The van der Waals surface area contributed by atoms with Crippen LogP contribution in [-0.2, 0) is 14.3 Å². The van der Waals surface area contributed by atoms with Crippen molar-refractivity contribution in [2.45, 2.75) is 12.5 Å². The maximum Gasteiger partial charge on any atom is 0.332 e. The van der Waals surface area contributed by atoms with Gasteiger partial charge in [0.1, 0.15) is 0 Å². The summed E-state index contributed by atoms with van der Waals surface area (Å²) in [6.45, 7) is 0.00625. The molecule has 0 spiro atoms. The van der Waals surface area contributed by atoms with E-state index in [-0.39, 0.29) is 13.0 Å². The van der Waals surface area contributed by atoms with Crippen LogP contribution in [0.25, 0.3) is 0 Å². The van der Waals surface area contributed by atoms with E-state index in [1.807, 2.05) is 0 Å². The van der Waals surface area contributed by atoms with Crippen LogP contribution in [0, 0.1) is 5.92 Å². The average Bonchev–Trinajstić information content (AvgIpc) is 2.33. The van der Waals surface area contributed by atoms with Gasteiger partial charge in [-0.1, -0.05) is 0 Å². The van der Waals surface area contributed by atoms with Gasteiger partial charge in [-0.2, -0.15) is 0 Å². The molecule has 0 aromatic rings. The first-order chi connectivity index (χ1) is 5.11. The van der Waals surface area contributed by atoms with Gasteiger partial charge in [0.25, 0.3) is 0 Å². The summed E-state index contributed by atoms with van der Waals surface area (Å²) in [7, 11) is 0. The van der Waals surface area contributed by atoms with Crippen molar-refractivity contribution in [3.05, 3.63) is 0 Å². The van der Waals surface area contributed by atoms with Crippen LogP contribution in [0.1, 0.15) is 6.42 Å². The molecule has 0 aliphatic carbocycles. The third-order valence-corrected chi connectivity index (χ3v) is 1.62. The Kier molecular flexibility index (Phi) is 2.09. The minimum atomic E-state index is -1.09. The van der Waals surface area contributed by atoms with Crippen LogP contribution in [0.3, 0.4) is 0 Å². The Morgan fingerprint density at radius 1 is 1.27 bits per heavy atom. The maximum absolute atomic E-state index is 10.3. The van der Waals surface area contributed by atoms with Crippen molar-refractivity contribution in [1.82, 2.24) is 0 Å². The second-order valence-electron chi connectivity index (χ2n) is 2.43. The molecule has 5 heteroatoms. The van der Waals surface area contributed by atoms with Crippen molar-refractivity contribution >= 4 is 11.9 Å². The number of ether oxygens (including phenoxy) is 1. The molecule has 0 saturated carbocycles. The molecule has 1 saturated heterocycles. The van der Waals surface area contributed by atoms with Crippen molar-refractivity contribution in [2.24, 2.45) is 5.92 Å². The van der Waals surface area contributed by atoms with Gasteiger partial charge < -0.3 is 14.9 Å². The van der Waals surface area contributed by atoms with Crippen molar-refractivity contribution in [3.63, 3.8) is 0 Å². The van der Waals surface area contributed by atoms with Gasteiger partial charge >= 0.3 is 11.9 Å². The fraction of sp³-hybridized carbons (Fsp3) is 0.667. The molecule has 2 N–H and O–H groups in total. The van der Waals surface area contributed by atoms with Crippen molar-refractivity contribution in [3.8, 4) is 0 Å². The van der Waals surface area contributed by atoms with Crippen LogP contribution in [0.2, 0.25) is 0 Å². The summed E-state index contributed by atoms with van der Waals surface area (Å²) in [6, 6.07) is 0. The Morgan fingerprint density at radius 2 is 1.91 bits per heavy atom. The van der Waals surface area contributed by atoms with E-state index in [1.54, 1.807) is 0 Å². The molecule has 11 heavy (non-hydrogen) atoms. The van der Waals surface area contributed by atoms with E-state index >= 15 is 0 Å². The average molecular weight is 160 g/mol. The molecule has 62 valence electrons. The fourth-order valence-corrected chi connectivity index (χ4v) is 0.971. The Morgan fingerprint density at radius 3 is 2.18 bits per heavy atom. The van der Waals surface area contributed by atoms with Gasteiger partial charge in [-0.25, -0.2) is 4.79 Å². The Bertz CT molecular complexity index is 167. The van der Waals surface area contributed by atoms with E-state index in [1.165, 1.54) is 0 Å². The predicted octanol–water partition coefficient (Wildman–Crippen LogP) is -0.439. The molecule has 0 radical (unpaired) electrons. The number of rotatable bonds is 2. The van der Waals surface area contributed by atoms with Gasteiger partial charge in [0.2, 0.25) is 0 Å². The summed E-state index contributed by atoms with van der Waals surface area (Å²) >= 11 is 0. The smallest absolute Gasteiger partial charge is 0.332 e. The van der Waals surface area contributed by atoms with Gasteiger partial charge in [0, 0.05) is 0 Å². The lowest BCUT2D eigenvalue weighted by atomic mass is 10.1. The monoisotopic (exact) mass is 160 g/mol. The van der Waals surface area contributed by atoms with Crippen LogP contribution in [0.15, 0.2) is 0 Å². The number of hydrogen-bond donors (Lipinski definition) is 2. The highest BCUT2D eigenvalue weighted by Crippen LogP contribution is 2.19. The quantitative estimate of drug-likeness (QED) is 0.572. The van der Waals surface area contributed by atoms with E-state index in [2.05, 4.69) is 0 Å². The highest BCUT2D eigenvalue weighted by molar-refractivity contribution is 5.76. The second-order valence-corrected chi connectivity index (χ2v) is 2.43. The van der Waals surface area contributed by atoms with E-state index in [4.69, 9.17) is 14.9 Å². The molecule has 0 amide bonds.